The van der Waals surface area contributed by atoms with Crippen molar-refractivity contribution in [1.82, 2.24) is 4.90 Å². The van der Waals surface area contributed by atoms with E-state index in [1.807, 2.05) is 11.0 Å². The lowest BCUT2D eigenvalue weighted by molar-refractivity contribution is -0.136. The number of nitrogens with zero attached hydrogens (tertiary/aromatic N) is 1. The minimum Gasteiger partial charge on any atom is -0.342 e. The molecule has 0 N–H and O–H groups in total. The second kappa shape index (κ2) is 7.32. The van der Waals surface area contributed by atoms with E-state index in [4.69, 9.17) is 0 Å². The molecule has 0 radical (unpaired) electrons. The van der Waals surface area contributed by atoms with Crippen molar-refractivity contribution >= 4 is 5.91 Å². The van der Waals surface area contributed by atoms with Crippen molar-refractivity contribution in [3.8, 4) is 0 Å². The van der Waals surface area contributed by atoms with Crippen molar-refractivity contribution in [2.24, 2.45) is 5.92 Å². The molecule has 1 aromatic carbocycles. The number of likely N-dealkylation sites (N-methyl/N-ethyl adjacent to an activating group) is 1. The van der Waals surface area contributed by atoms with Gasteiger partial charge in [-0.1, -0.05) is 49.6 Å². The number of hydrogen-bond donors (Lipinski definition) is 0. The molecule has 1 amide bonds. The average Bonchev–Trinajstić information content (AvgIpc) is 2.49. The predicted molar refractivity (Wildman–Crippen MR) is 79.0 cm³/mol. The first-order chi connectivity index (χ1) is 9.31. The lowest BCUT2D eigenvalue weighted by Gasteiger charge is -2.28. The zero-order chi connectivity index (χ0) is 13.5. The van der Waals surface area contributed by atoms with E-state index in [2.05, 4.69) is 31.2 Å². The van der Waals surface area contributed by atoms with Crippen LogP contribution in [0.5, 0.6) is 0 Å². The van der Waals surface area contributed by atoms with Gasteiger partial charge in [0, 0.05) is 19.0 Å². The number of benzene rings is 1. The molecule has 0 bridgehead atoms. The molecular formula is C17H25NO. The van der Waals surface area contributed by atoms with Gasteiger partial charge in [0.05, 0.1) is 0 Å². The molecule has 0 spiro atoms. The maximum Gasteiger partial charge on any atom is 0.225 e. The van der Waals surface area contributed by atoms with Gasteiger partial charge in [-0.2, -0.15) is 0 Å². The van der Waals surface area contributed by atoms with E-state index >= 15 is 0 Å². The molecule has 2 nitrogen and oxygen atoms in total. The fourth-order valence-corrected chi connectivity index (χ4v) is 2.94. The molecule has 0 saturated heterocycles. The second-order valence-corrected chi connectivity index (χ2v) is 5.49. The summed E-state index contributed by atoms with van der Waals surface area (Å²) in [6.45, 7) is 3.78. The van der Waals surface area contributed by atoms with E-state index in [1.54, 1.807) is 0 Å². The third kappa shape index (κ3) is 4.09. The van der Waals surface area contributed by atoms with Gasteiger partial charge in [-0.15, -0.1) is 0 Å². The van der Waals surface area contributed by atoms with E-state index in [1.165, 1.54) is 24.8 Å². The van der Waals surface area contributed by atoms with Crippen LogP contribution in [0.25, 0.3) is 0 Å². The fraction of sp³-hybridized carbons (Fsp3) is 0.588. The fourth-order valence-electron chi connectivity index (χ4n) is 2.94. The molecule has 0 aliphatic heterocycles. The Bertz CT molecular complexity index is 382. The first kappa shape index (κ1) is 14.1. The van der Waals surface area contributed by atoms with E-state index in [9.17, 15) is 4.79 Å². The summed E-state index contributed by atoms with van der Waals surface area (Å²) >= 11 is 0. The van der Waals surface area contributed by atoms with Crippen molar-refractivity contribution in [2.75, 3.05) is 13.1 Å². The van der Waals surface area contributed by atoms with Crippen LogP contribution >= 0.6 is 0 Å². The quantitative estimate of drug-likeness (QED) is 0.790. The number of carbonyl (C=O) groups is 1. The van der Waals surface area contributed by atoms with E-state index in [0.29, 0.717) is 11.8 Å². The summed E-state index contributed by atoms with van der Waals surface area (Å²) in [4.78, 5) is 14.5. The number of amides is 1. The predicted octanol–water partition coefficient (Wildman–Crippen LogP) is 3.66. The Morgan fingerprint density at radius 3 is 2.47 bits per heavy atom. The van der Waals surface area contributed by atoms with Gasteiger partial charge in [-0.3, -0.25) is 4.79 Å². The van der Waals surface area contributed by atoms with Gasteiger partial charge in [-0.25, -0.2) is 0 Å². The number of rotatable bonds is 5. The molecule has 1 fully saturated rings. The van der Waals surface area contributed by atoms with Crippen LogP contribution in [0.15, 0.2) is 30.3 Å². The van der Waals surface area contributed by atoms with Crippen LogP contribution < -0.4 is 0 Å². The highest BCUT2D eigenvalue weighted by Gasteiger charge is 2.24. The Balaban J connectivity index is 1.86. The highest BCUT2D eigenvalue weighted by Crippen LogP contribution is 2.25. The van der Waals surface area contributed by atoms with Gasteiger partial charge in [0.15, 0.2) is 0 Å². The minimum absolute atomic E-state index is 0.296. The zero-order valence-corrected chi connectivity index (χ0v) is 12.0. The lowest BCUT2D eigenvalue weighted by Crippen LogP contribution is -2.38. The lowest BCUT2D eigenvalue weighted by atomic mass is 9.88. The number of carbonyl (C=O) groups excluding carboxylic acids is 1. The smallest absolute Gasteiger partial charge is 0.225 e. The molecular weight excluding hydrogens is 234 g/mol. The van der Waals surface area contributed by atoms with Gasteiger partial charge < -0.3 is 4.90 Å². The normalized spacial score (nSPS) is 16.3. The highest BCUT2D eigenvalue weighted by molar-refractivity contribution is 5.78. The van der Waals surface area contributed by atoms with Gasteiger partial charge in [-0.05, 0) is 31.7 Å². The van der Waals surface area contributed by atoms with Gasteiger partial charge in [0.1, 0.15) is 0 Å². The van der Waals surface area contributed by atoms with E-state index < -0.39 is 0 Å². The summed E-state index contributed by atoms with van der Waals surface area (Å²) in [5.41, 5.74) is 1.32. The van der Waals surface area contributed by atoms with Crippen LogP contribution in [0.3, 0.4) is 0 Å². The van der Waals surface area contributed by atoms with Gasteiger partial charge in [0.25, 0.3) is 0 Å². The Labute approximate surface area is 116 Å². The van der Waals surface area contributed by atoms with Crippen LogP contribution in [0.4, 0.5) is 0 Å². The SMILES string of the molecule is CCN(CCc1ccccc1)C(=O)C1CCCCC1. The van der Waals surface area contributed by atoms with Crippen molar-refractivity contribution < 1.29 is 4.79 Å². The molecule has 2 rings (SSSR count). The third-order valence-electron chi connectivity index (χ3n) is 4.16. The summed E-state index contributed by atoms with van der Waals surface area (Å²) in [5.74, 6) is 0.683. The molecule has 0 atom stereocenters. The van der Waals surface area contributed by atoms with E-state index in [-0.39, 0.29) is 0 Å². The van der Waals surface area contributed by atoms with Crippen LogP contribution in [0.2, 0.25) is 0 Å². The molecule has 1 saturated carbocycles. The summed E-state index contributed by atoms with van der Waals surface area (Å²) in [7, 11) is 0. The van der Waals surface area contributed by atoms with E-state index in [0.717, 1.165) is 32.4 Å². The van der Waals surface area contributed by atoms with Crippen LogP contribution in [-0.2, 0) is 11.2 Å². The molecule has 1 aliphatic carbocycles. The van der Waals surface area contributed by atoms with Crippen LogP contribution in [0.1, 0.15) is 44.6 Å². The molecule has 1 aromatic rings. The molecule has 0 aromatic heterocycles. The Hall–Kier alpha value is -1.31. The molecule has 0 heterocycles. The summed E-state index contributed by atoms with van der Waals surface area (Å²) < 4.78 is 0. The van der Waals surface area contributed by atoms with Crippen molar-refractivity contribution in [2.45, 2.75) is 45.4 Å². The molecule has 1 aliphatic rings. The standard InChI is InChI=1S/C17H25NO/c1-2-18(14-13-15-9-5-3-6-10-15)17(19)16-11-7-4-8-12-16/h3,5-6,9-10,16H,2,4,7-8,11-14H2,1H3. The second-order valence-electron chi connectivity index (χ2n) is 5.49. The maximum atomic E-state index is 12.5. The first-order valence-corrected chi connectivity index (χ1v) is 7.64. The molecule has 2 heteroatoms. The summed E-state index contributed by atoms with van der Waals surface area (Å²) in [5, 5.41) is 0. The maximum absolute atomic E-state index is 12.5. The van der Waals surface area contributed by atoms with Crippen molar-refractivity contribution in [3.63, 3.8) is 0 Å². The Kier molecular flexibility index (Phi) is 5.44. The summed E-state index contributed by atoms with van der Waals surface area (Å²) in [6, 6.07) is 10.4. The number of hydrogen-bond acceptors (Lipinski definition) is 1. The molecule has 0 unspecified atom stereocenters. The Morgan fingerprint density at radius 2 is 1.84 bits per heavy atom. The molecule has 19 heavy (non-hydrogen) atoms. The Morgan fingerprint density at radius 1 is 1.16 bits per heavy atom. The molecule has 104 valence electrons. The van der Waals surface area contributed by atoms with Crippen molar-refractivity contribution in [3.05, 3.63) is 35.9 Å². The zero-order valence-electron chi connectivity index (χ0n) is 12.0. The van der Waals surface area contributed by atoms with Gasteiger partial charge >= 0.3 is 0 Å². The monoisotopic (exact) mass is 259 g/mol. The largest absolute Gasteiger partial charge is 0.342 e. The summed E-state index contributed by atoms with van der Waals surface area (Å²) in [6.07, 6.45) is 6.92. The van der Waals surface area contributed by atoms with Crippen molar-refractivity contribution in [1.29, 1.82) is 0 Å². The first-order valence-electron chi connectivity index (χ1n) is 7.64. The highest BCUT2D eigenvalue weighted by atomic mass is 16.2. The van der Waals surface area contributed by atoms with Gasteiger partial charge in [0.2, 0.25) is 5.91 Å². The van der Waals surface area contributed by atoms with Crippen LogP contribution in [0, 0.1) is 5.92 Å². The average molecular weight is 259 g/mol. The minimum atomic E-state index is 0.296. The third-order valence-corrected chi connectivity index (χ3v) is 4.16. The topological polar surface area (TPSA) is 20.3 Å². The van der Waals surface area contributed by atoms with Crippen LogP contribution in [-0.4, -0.2) is 23.9 Å².